The number of carbonyl (C=O) groups excluding carboxylic acids is 1. The van der Waals surface area contributed by atoms with Crippen LogP contribution in [0.15, 0.2) is 60.7 Å². The van der Waals surface area contributed by atoms with Gasteiger partial charge >= 0.3 is 159 Å². The van der Waals surface area contributed by atoms with Crippen LogP contribution in [0.3, 0.4) is 0 Å². The molecule has 1 heterocycles. The second-order valence-electron chi connectivity index (χ2n) is 7.93. The Labute approximate surface area is 194 Å². The van der Waals surface area contributed by atoms with Crippen molar-refractivity contribution in [3.05, 3.63) is 71.8 Å². The van der Waals surface area contributed by atoms with E-state index in [2.05, 4.69) is 11.9 Å². The first-order valence-electron chi connectivity index (χ1n) is 10.5. The van der Waals surface area contributed by atoms with E-state index in [-0.39, 0.29) is 11.9 Å². The summed E-state index contributed by atoms with van der Waals surface area (Å²) in [6.07, 6.45) is 2.83. The maximum absolute atomic E-state index is 13.7. The number of likely N-dealkylation sites (N-methyl/N-ethyl adjacent to an activating group) is 1. The van der Waals surface area contributed by atoms with Gasteiger partial charge in [0.1, 0.15) is 0 Å². The van der Waals surface area contributed by atoms with E-state index in [9.17, 15) is 14.7 Å². The van der Waals surface area contributed by atoms with Crippen molar-refractivity contribution in [2.45, 2.75) is 41.2 Å². The minimum atomic E-state index is -0.918. The summed E-state index contributed by atoms with van der Waals surface area (Å²) in [6.45, 7) is 1.41. The number of hydrogen-bond donors (Lipinski definition) is 1. The number of carboxylic acids is 1. The molecule has 6 heteroatoms. The topological polar surface area (TPSA) is 60.9 Å². The van der Waals surface area contributed by atoms with E-state index in [0.717, 1.165) is 24.1 Å². The van der Waals surface area contributed by atoms with Gasteiger partial charge in [0.05, 0.1) is 0 Å². The molecule has 2 atom stereocenters. The summed E-state index contributed by atoms with van der Waals surface area (Å²) in [5.74, 6) is -1.54. The average molecular weight is 601 g/mol. The second-order valence-corrected chi connectivity index (χ2v) is 9.87. The normalized spacial score (nSPS) is 18.9. The molecule has 3 radical (unpaired) electrons. The van der Waals surface area contributed by atoms with Crippen molar-refractivity contribution in [3.63, 3.8) is 0 Å². The van der Waals surface area contributed by atoms with Crippen LogP contribution in [0.2, 0.25) is 3.98 Å². The molecule has 0 saturated carbocycles. The van der Waals surface area contributed by atoms with Crippen LogP contribution in [0.5, 0.6) is 0 Å². The van der Waals surface area contributed by atoms with E-state index in [1.807, 2.05) is 60.7 Å². The van der Waals surface area contributed by atoms with E-state index >= 15 is 0 Å². The molecule has 2 aromatic carbocycles. The predicted octanol–water partition coefficient (Wildman–Crippen LogP) is 3.17. The molecular weight excluding hydrogens is 571 g/mol. The third-order valence-corrected chi connectivity index (χ3v) is 7.30. The predicted molar refractivity (Wildman–Crippen MR) is 119 cm³/mol. The van der Waals surface area contributed by atoms with Crippen molar-refractivity contribution in [1.29, 1.82) is 0 Å². The van der Waals surface area contributed by atoms with Gasteiger partial charge in [-0.3, -0.25) is 0 Å². The van der Waals surface area contributed by atoms with Crippen LogP contribution >= 0.6 is 0 Å². The summed E-state index contributed by atoms with van der Waals surface area (Å²) < 4.78 is 1.29. The van der Waals surface area contributed by atoms with Crippen LogP contribution in [0.25, 0.3) is 0 Å². The Balaban J connectivity index is 1.86. The Morgan fingerprint density at radius 2 is 1.63 bits per heavy atom. The van der Waals surface area contributed by atoms with Gasteiger partial charge in [-0.2, -0.15) is 0 Å². The Morgan fingerprint density at radius 1 is 1.07 bits per heavy atom. The molecule has 1 fully saturated rings. The van der Waals surface area contributed by atoms with Gasteiger partial charge in [-0.25, -0.2) is 0 Å². The molecule has 2 unspecified atom stereocenters. The number of carbonyl (C=O) groups is 2. The van der Waals surface area contributed by atoms with Crippen LogP contribution in [0, 0.1) is 0 Å². The Kier molecular flexibility index (Phi) is 8.44. The van der Waals surface area contributed by atoms with Crippen molar-refractivity contribution in [3.8, 4) is 0 Å². The first-order valence-corrected chi connectivity index (χ1v) is 13.3. The summed E-state index contributed by atoms with van der Waals surface area (Å²) >= 11 is 1.22. The van der Waals surface area contributed by atoms with Gasteiger partial charge in [-0.1, -0.05) is 36.4 Å². The molecule has 0 aliphatic carbocycles. The van der Waals surface area contributed by atoms with Crippen molar-refractivity contribution in [1.82, 2.24) is 9.80 Å². The zero-order valence-corrected chi connectivity index (χ0v) is 21.3. The average Bonchev–Trinajstić information content (AvgIpc) is 3.22. The van der Waals surface area contributed by atoms with Crippen molar-refractivity contribution in [2.24, 2.45) is 0 Å². The number of carboxylic acid groups (broad SMARTS) is 1. The molecule has 0 aromatic heterocycles. The van der Waals surface area contributed by atoms with Crippen molar-refractivity contribution in [2.75, 3.05) is 20.1 Å². The zero-order valence-electron chi connectivity index (χ0n) is 17.4. The summed E-state index contributed by atoms with van der Waals surface area (Å²) in [4.78, 5) is 29.6. The Hall–Kier alpha value is -1.74. The number of nitrogens with zero attached hydrogens (tertiary/aromatic N) is 2. The molecule has 0 spiro atoms. The van der Waals surface area contributed by atoms with E-state index in [1.54, 1.807) is 4.90 Å². The van der Waals surface area contributed by atoms with Crippen molar-refractivity contribution >= 4 is 37.6 Å². The number of amides is 1. The quantitative estimate of drug-likeness (QED) is 0.355. The Bertz CT molecular complexity index is 791. The first-order chi connectivity index (χ1) is 14.5. The van der Waals surface area contributed by atoms with Crippen LogP contribution in [0.1, 0.15) is 36.3 Å². The fraction of sp³-hybridized carbons (Fsp3) is 0.417. The number of hydrogen-bond acceptors (Lipinski definition) is 3. The van der Waals surface area contributed by atoms with Crippen LogP contribution in [-0.2, 0) is 9.59 Å². The first kappa shape index (κ1) is 22.9. The third-order valence-electron chi connectivity index (χ3n) is 5.92. The van der Waals surface area contributed by atoms with Gasteiger partial charge in [0, 0.05) is 0 Å². The second kappa shape index (κ2) is 11.0. The maximum atomic E-state index is 13.7. The molecule has 1 aliphatic heterocycles. The van der Waals surface area contributed by atoms with Gasteiger partial charge in [0.25, 0.3) is 0 Å². The fourth-order valence-electron chi connectivity index (χ4n) is 4.21. The van der Waals surface area contributed by atoms with Crippen molar-refractivity contribution < 1.29 is 14.7 Å². The van der Waals surface area contributed by atoms with Gasteiger partial charge in [0.2, 0.25) is 0 Å². The van der Waals surface area contributed by atoms with Gasteiger partial charge in [0.15, 0.2) is 0 Å². The number of aliphatic carboxylic acids is 1. The molecule has 3 rings (SSSR count). The molecule has 30 heavy (non-hydrogen) atoms. The number of likely N-dealkylation sites (tertiary alicyclic amines) is 1. The SMILES string of the molecule is CN(CCC[CH2][Pb])C1CC(C(=O)O)N(C(=O)C(c2ccccc2)c2ccccc2)C1. The molecule has 1 amide bonds. The standard InChI is InChI=1S/C24H29N2O3.Pb/c1-3-4-15-25(2)20-16-21(24(28)29)26(17-20)23(27)22(18-11-7-5-8-12-18)19-13-9-6-10-14-19;/h5-14,20-22H,1,3-4,15-17H2,2H3,(H,28,29);. The molecule has 157 valence electrons. The monoisotopic (exact) mass is 601 g/mol. The fourth-order valence-corrected chi connectivity index (χ4v) is 5.19. The molecule has 5 nitrogen and oxygen atoms in total. The number of rotatable bonds is 9. The molecule has 1 N–H and O–H groups in total. The van der Waals surface area contributed by atoms with Crippen LogP contribution in [-0.4, -0.2) is 84.8 Å². The number of unbranched alkanes of at least 4 members (excludes halogenated alkanes) is 1. The van der Waals surface area contributed by atoms with Crippen LogP contribution in [0.4, 0.5) is 0 Å². The van der Waals surface area contributed by atoms with E-state index < -0.39 is 17.9 Å². The molecule has 0 bridgehead atoms. The Morgan fingerprint density at radius 3 is 2.13 bits per heavy atom. The molecule has 2 aromatic rings. The van der Waals surface area contributed by atoms with Crippen LogP contribution < -0.4 is 0 Å². The zero-order chi connectivity index (χ0) is 21.5. The molecular formula is C24H29N2O3Pb. The summed E-state index contributed by atoms with van der Waals surface area (Å²) in [5, 5.41) is 9.86. The van der Waals surface area contributed by atoms with E-state index in [0.29, 0.717) is 13.0 Å². The number of benzene rings is 2. The van der Waals surface area contributed by atoms with Gasteiger partial charge in [-0.05, 0) is 0 Å². The summed E-state index contributed by atoms with van der Waals surface area (Å²) in [7, 11) is 2.05. The molecule has 1 aliphatic rings. The molecule has 1 saturated heterocycles. The minimum absolute atomic E-state index is 0.0800. The summed E-state index contributed by atoms with van der Waals surface area (Å²) in [6, 6.07) is 18.6. The van der Waals surface area contributed by atoms with E-state index in [4.69, 9.17) is 0 Å². The van der Waals surface area contributed by atoms with E-state index in [1.165, 1.54) is 36.2 Å². The third kappa shape index (κ3) is 5.49. The van der Waals surface area contributed by atoms with Gasteiger partial charge in [-0.15, -0.1) is 0 Å². The summed E-state index contributed by atoms with van der Waals surface area (Å²) in [5.41, 5.74) is 1.78. The van der Waals surface area contributed by atoms with Gasteiger partial charge < -0.3 is 0 Å².